The molecule has 66 valence electrons. The van der Waals surface area contributed by atoms with Gasteiger partial charge in [0.1, 0.15) is 5.76 Å². The van der Waals surface area contributed by atoms with Gasteiger partial charge in [-0.2, -0.15) is 0 Å². The first-order valence-corrected chi connectivity index (χ1v) is 4.94. The molecule has 0 spiro atoms. The van der Waals surface area contributed by atoms with Crippen molar-refractivity contribution in [2.75, 3.05) is 0 Å². The summed E-state index contributed by atoms with van der Waals surface area (Å²) in [5.74, 6) is 0.814. The molecule has 13 heavy (non-hydrogen) atoms. The van der Waals surface area contributed by atoms with Crippen LogP contribution in [0.1, 0.15) is 0 Å². The third-order valence-electron chi connectivity index (χ3n) is 1.68. The first-order chi connectivity index (χ1) is 6.25. The summed E-state index contributed by atoms with van der Waals surface area (Å²) in [6.07, 6.45) is 0. The molecule has 2 aromatic rings. The summed E-state index contributed by atoms with van der Waals surface area (Å²) >= 11 is 9.10. The Morgan fingerprint density at radius 1 is 1.15 bits per heavy atom. The molecule has 0 aliphatic rings. The highest BCUT2D eigenvalue weighted by atomic mass is 79.9. The van der Waals surface area contributed by atoms with E-state index in [1.54, 1.807) is 0 Å². The fraction of sp³-hybridized carbons (Fsp3) is 0. The molecule has 0 unspecified atom stereocenters. The molecule has 1 aromatic heterocycles. The number of benzene rings is 1. The van der Waals surface area contributed by atoms with Crippen molar-refractivity contribution in [2.45, 2.75) is 0 Å². The number of halogens is 2. The highest BCUT2D eigenvalue weighted by molar-refractivity contribution is 9.10. The van der Waals surface area contributed by atoms with E-state index < -0.39 is 0 Å². The van der Waals surface area contributed by atoms with Crippen LogP contribution in [0.5, 0.6) is 0 Å². The van der Waals surface area contributed by atoms with E-state index >= 15 is 0 Å². The Hall–Kier alpha value is -0.730. The highest BCUT2D eigenvalue weighted by Crippen LogP contribution is 2.26. The Labute approximate surface area is 89.5 Å². The van der Waals surface area contributed by atoms with Crippen molar-refractivity contribution < 1.29 is 4.42 Å². The summed E-state index contributed by atoms with van der Waals surface area (Å²) < 4.78 is 6.11. The van der Waals surface area contributed by atoms with Crippen LogP contribution in [0.3, 0.4) is 0 Å². The molecule has 1 nitrogen and oxygen atoms in total. The van der Waals surface area contributed by atoms with Crippen molar-refractivity contribution in [3.63, 3.8) is 0 Å². The van der Waals surface area contributed by atoms with Crippen LogP contribution in [0, 0.1) is 0 Å². The van der Waals surface area contributed by atoms with E-state index in [-0.39, 0.29) is 0 Å². The largest absolute Gasteiger partial charge is 0.449 e. The molecule has 0 amide bonds. The lowest BCUT2D eigenvalue weighted by molar-refractivity contribution is 0.556. The Balaban J connectivity index is 2.46. The lowest BCUT2D eigenvalue weighted by Gasteiger charge is -1.96. The molecule has 0 saturated heterocycles. The zero-order chi connectivity index (χ0) is 9.26. The normalized spacial score (nSPS) is 10.3. The van der Waals surface area contributed by atoms with Gasteiger partial charge in [0.2, 0.25) is 0 Å². The maximum absolute atomic E-state index is 5.85. The van der Waals surface area contributed by atoms with Gasteiger partial charge in [0.05, 0.1) is 0 Å². The fourth-order valence-electron chi connectivity index (χ4n) is 1.11. The second-order valence-corrected chi connectivity index (χ2v) is 3.83. The van der Waals surface area contributed by atoms with Crippen molar-refractivity contribution in [2.24, 2.45) is 0 Å². The Kier molecular flexibility index (Phi) is 2.42. The highest BCUT2D eigenvalue weighted by Gasteiger charge is 2.02. The lowest BCUT2D eigenvalue weighted by Crippen LogP contribution is -1.71. The van der Waals surface area contributed by atoms with E-state index in [4.69, 9.17) is 16.0 Å². The van der Waals surface area contributed by atoms with E-state index in [0.717, 1.165) is 16.0 Å². The van der Waals surface area contributed by atoms with E-state index in [9.17, 15) is 0 Å². The molecule has 1 heterocycles. The molecule has 0 aliphatic heterocycles. The lowest BCUT2D eigenvalue weighted by atomic mass is 10.2. The quantitative estimate of drug-likeness (QED) is 0.740. The number of furan rings is 1. The average molecular weight is 258 g/mol. The predicted molar refractivity (Wildman–Crippen MR) is 56.9 cm³/mol. The van der Waals surface area contributed by atoms with Crippen molar-refractivity contribution in [1.29, 1.82) is 0 Å². The van der Waals surface area contributed by atoms with Gasteiger partial charge in [0.25, 0.3) is 0 Å². The fourth-order valence-corrected chi connectivity index (χ4v) is 1.61. The van der Waals surface area contributed by atoms with Crippen LogP contribution in [-0.4, -0.2) is 0 Å². The van der Waals surface area contributed by atoms with Crippen LogP contribution in [0.25, 0.3) is 11.3 Å². The molecule has 0 aliphatic carbocycles. The van der Waals surface area contributed by atoms with Crippen LogP contribution in [-0.2, 0) is 0 Å². The molecule has 0 N–H and O–H groups in total. The van der Waals surface area contributed by atoms with Crippen LogP contribution in [0.4, 0.5) is 0 Å². The third kappa shape index (κ3) is 1.95. The van der Waals surface area contributed by atoms with Crippen LogP contribution in [0.2, 0.25) is 5.02 Å². The van der Waals surface area contributed by atoms with Crippen molar-refractivity contribution in [1.82, 2.24) is 0 Å². The number of rotatable bonds is 1. The van der Waals surface area contributed by atoms with Gasteiger partial charge in [-0.15, -0.1) is 0 Å². The summed E-state index contributed by atoms with van der Waals surface area (Å²) in [5.41, 5.74) is 0.984. The van der Waals surface area contributed by atoms with Gasteiger partial charge in [-0.3, -0.25) is 0 Å². The van der Waals surface area contributed by atoms with E-state index in [1.807, 2.05) is 36.4 Å². The zero-order valence-corrected chi connectivity index (χ0v) is 8.97. The maximum Gasteiger partial charge on any atom is 0.169 e. The average Bonchev–Trinajstić information content (AvgIpc) is 2.52. The second-order valence-electron chi connectivity index (χ2n) is 2.61. The molecular weight excluding hydrogens is 251 g/mol. The van der Waals surface area contributed by atoms with Crippen molar-refractivity contribution in [3.8, 4) is 11.3 Å². The summed E-state index contributed by atoms with van der Waals surface area (Å²) in [5, 5.41) is 0.713. The molecular formula is C10H6BrClO. The monoisotopic (exact) mass is 256 g/mol. The summed E-state index contributed by atoms with van der Waals surface area (Å²) in [6, 6.07) is 11.3. The molecule has 0 saturated carbocycles. The van der Waals surface area contributed by atoms with E-state index in [0.29, 0.717) is 5.02 Å². The number of hydrogen-bond acceptors (Lipinski definition) is 1. The maximum atomic E-state index is 5.85. The van der Waals surface area contributed by atoms with Crippen molar-refractivity contribution >= 4 is 27.5 Å². The Bertz CT molecular complexity index is 422. The van der Waals surface area contributed by atoms with Gasteiger partial charge in [0.15, 0.2) is 4.67 Å². The van der Waals surface area contributed by atoms with Crippen LogP contribution >= 0.6 is 27.5 Å². The second kappa shape index (κ2) is 3.56. The summed E-state index contributed by atoms with van der Waals surface area (Å²) in [6.45, 7) is 0. The zero-order valence-electron chi connectivity index (χ0n) is 6.63. The van der Waals surface area contributed by atoms with Gasteiger partial charge in [-0.05, 0) is 40.2 Å². The summed E-state index contributed by atoms with van der Waals surface area (Å²) in [4.78, 5) is 0. The molecule has 3 heteroatoms. The van der Waals surface area contributed by atoms with Gasteiger partial charge < -0.3 is 4.42 Å². The minimum absolute atomic E-state index is 0.713. The minimum Gasteiger partial charge on any atom is -0.449 e. The number of hydrogen-bond donors (Lipinski definition) is 0. The van der Waals surface area contributed by atoms with Gasteiger partial charge >= 0.3 is 0 Å². The van der Waals surface area contributed by atoms with Gasteiger partial charge in [-0.25, -0.2) is 0 Å². The molecule has 0 atom stereocenters. The minimum atomic E-state index is 0.713. The van der Waals surface area contributed by atoms with Crippen LogP contribution in [0.15, 0.2) is 45.5 Å². The smallest absolute Gasteiger partial charge is 0.169 e. The topological polar surface area (TPSA) is 13.1 Å². The van der Waals surface area contributed by atoms with E-state index in [2.05, 4.69) is 15.9 Å². The first-order valence-electron chi connectivity index (χ1n) is 3.77. The Morgan fingerprint density at radius 3 is 2.62 bits per heavy atom. The van der Waals surface area contributed by atoms with Gasteiger partial charge in [0, 0.05) is 10.6 Å². The predicted octanol–water partition coefficient (Wildman–Crippen LogP) is 4.36. The Morgan fingerprint density at radius 2 is 2.00 bits per heavy atom. The molecule has 1 aromatic carbocycles. The van der Waals surface area contributed by atoms with Gasteiger partial charge in [-0.1, -0.05) is 23.7 Å². The van der Waals surface area contributed by atoms with Crippen LogP contribution < -0.4 is 0 Å². The first kappa shape index (κ1) is 8.85. The summed E-state index contributed by atoms with van der Waals surface area (Å²) in [7, 11) is 0. The van der Waals surface area contributed by atoms with Crippen molar-refractivity contribution in [3.05, 3.63) is 46.1 Å². The molecule has 0 bridgehead atoms. The standard InChI is InChI=1S/C10H6BrClO/c11-10-5-4-9(13-10)7-2-1-3-8(12)6-7/h1-6H. The molecule has 0 fully saturated rings. The SMILES string of the molecule is Clc1cccc(-c2ccc(Br)o2)c1. The molecule has 0 radical (unpaired) electrons. The van der Waals surface area contributed by atoms with E-state index in [1.165, 1.54) is 0 Å². The molecule has 2 rings (SSSR count). The third-order valence-corrected chi connectivity index (χ3v) is 2.34.